The highest BCUT2D eigenvalue weighted by atomic mass is 16.5. The Morgan fingerprint density at radius 1 is 1.37 bits per heavy atom. The van der Waals surface area contributed by atoms with Gasteiger partial charge in [0.2, 0.25) is 0 Å². The fourth-order valence-electron chi connectivity index (χ4n) is 1.89. The first-order valence-electron chi connectivity index (χ1n) is 7.17. The number of hydrogen-bond donors (Lipinski definition) is 1. The molecule has 1 N–H and O–H groups in total. The van der Waals surface area contributed by atoms with Crippen LogP contribution in [0.4, 0.5) is 0 Å². The predicted octanol–water partition coefficient (Wildman–Crippen LogP) is 4.09. The lowest BCUT2D eigenvalue weighted by Crippen LogP contribution is -2.19. The van der Waals surface area contributed by atoms with Gasteiger partial charge in [-0.05, 0) is 38.3 Å². The fourth-order valence-corrected chi connectivity index (χ4v) is 1.89. The van der Waals surface area contributed by atoms with Crippen molar-refractivity contribution in [2.24, 2.45) is 5.92 Å². The molecule has 2 heteroatoms. The molecule has 0 amide bonds. The highest BCUT2D eigenvalue weighted by Crippen LogP contribution is 2.20. The van der Waals surface area contributed by atoms with Gasteiger partial charge in [0.05, 0.1) is 6.61 Å². The molecule has 19 heavy (non-hydrogen) atoms. The molecule has 0 heterocycles. The Hall–Kier alpha value is -1.28. The van der Waals surface area contributed by atoms with Crippen molar-refractivity contribution < 1.29 is 4.74 Å². The quantitative estimate of drug-likeness (QED) is 0.534. The van der Waals surface area contributed by atoms with Gasteiger partial charge in [0.25, 0.3) is 0 Å². The van der Waals surface area contributed by atoms with Crippen LogP contribution in [0.2, 0.25) is 0 Å². The zero-order chi connectivity index (χ0) is 14.1. The average Bonchev–Trinajstić information content (AvgIpc) is 2.36. The standard InChI is InChI=1S/C17H27NO/c1-5-6-7-10-19-17-9-8-15(4)11-16(17)13-18-12-14(2)3/h5,8-9,11,14,18H,1,6-7,10,12-13H2,2-4H3. The zero-order valence-corrected chi connectivity index (χ0v) is 12.5. The largest absolute Gasteiger partial charge is 0.493 e. The summed E-state index contributed by atoms with van der Waals surface area (Å²) in [6.45, 7) is 12.9. The molecule has 1 rings (SSSR count). The maximum Gasteiger partial charge on any atom is 0.123 e. The lowest BCUT2D eigenvalue weighted by molar-refractivity contribution is 0.308. The molecule has 0 bridgehead atoms. The summed E-state index contributed by atoms with van der Waals surface area (Å²) in [5.41, 5.74) is 2.53. The SMILES string of the molecule is C=CCCCOc1ccc(C)cc1CNCC(C)C. The lowest BCUT2D eigenvalue weighted by Gasteiger charge is -2.14. The van der Waals surface area contributed by atoms with E-state index in [1.165, 1.54) is 11.1 Å². The Bertz CT molecular complexity index is 385. The van der Waals surface area contributed by atoms with Crippen LogP contribution in [0.3, 0.4) is 0 Å². The van der Waals surface area contributed by atoms with Gasteiger partial charge in [0, 0.05) is 12.1 Å². The van der Waals surface area contributed by atoms with Gasteiger partial charge >= 0.3 is 0 Å². The van der Waals surface area contributed by atoms with Crippen LogP contribution in [-0.2, 0) is 6.54 Å². The Morgan fingerprint density at radius 2 is 2.16 bits per heavy atom. The van der Waals surface area contributed by atoms with E-state index < -0.39 is 0 Å². The van der Waals surface area contributed by atoms with Crippen LogP contribution in [0.25, 0.3) is 0 Å². The molecule has 1 aromatic rings. The van der Waals surface area contributed by atoms with Crippen molar-refractivity contribution in [1.82, 2.24) is 5.32 Å². The molecule has 0 aromatic heterocycles. The molecule has 0 atom stereocenters. The Labute approximate surface area is 117 Å². The molecule has 0 aliphatic heterocycles. The van der Waals surface area contributed by atoms with Gasteiger partial charge in [-0.15, -0.1) is 6.58 Å². The number of nitrogens with one attached hydrogen (secondary N) is 1. The average molecular weight is 261 g/mol. The van der Waals surface area contributed by atoms with Crippen LogP contribution in [-0.4, -0.2) is 13.2 Å². The molecule has 2 nitrogen and oxygen atoms in total. The fraction of sp³-hybridized carbons (Fsp3) is 0.529. The maximum absolute atomic E-state index is 5.86. The van der Waals surface area contributed by atoms with Gasteiger partial charge < -0.3 is 10.1 Å². The van der Waals surface area contributed by atoms with E-state index in [9.17, 15) is 0 Å². The summed E-state index contributed by atoms with van der Waals surface area (Å²) in [6, 6.07) is 6.39. The molecule has 0 fully saturated rings. The molecular weight excluding hydrogens is 234 g/mol. The third kappa shape index (κ3) is 6.44. The van der Waals surface area contributed by atoms with Crippen molar-refractivity contribution in [2.75, 3.05) is 13.2 Å². The number of unbranched alkanes of at least 4 members (excludes halogenated alkanes) is 1. The molecule has 106 valence electrons. The van der Waals surface area contributed by atoms with Gasteiger partial charge in [-0.1, -0.05) is 37.6 Å². The molecule has 0 unspecified atom stereocenters. The van der Waals surface area contributed by atoms with Gasteiger partial charge in [0.1, 0.15) is 5.75 Å². The van der Waals surface area contributed by atoms with E-state index in [0.717, 1.165) is 38.3 Å². The molecule has 0 saturated carbocycles. The molecule has 0 saturated heterocycles. The predicted molar refractivity (Wildman–Crippen MR) is 82.6 cm³/mol. The minimum Gasteiger partial charge on any atom is -0.493 e. The molecule has 0 spiro atoms. The molecule has 1 aromatic carbocycles. The summed E-state index contributed by atoms with van der Waals surface area (Å²) < 4.78 is 5.86. The summed E-state index contributed by atoms with van der Waals surface area (Å²) in [6.07, 6.45) is 3.96. The van der Waals surface area contributed by atoms with Crippen LogP contribution in [0.15, 0.2) is 30.9 Å². The van der Waals surface area contributed by atoms with E-state index in [-0.39, 0.29) is 0 Å². The summed E-state index contributed by atoms with van der Waals surface area (Å²) in [4.78, 5) is 0. The van der Waals surface area contributed by atoms with Crippen molar-refractivity contribution >= 4 is 0 Å². The van der Waals surface area contributed by atoms with E-state index >= 15 is 0 Å². The maximum atomic E-state index is 5.86. The van der Waals surface area contributed by atoms with Gasteiger partial charge in [-0.3, -0.25) is 0 Å². The van der Waals surface area contributed by atoms with Crippen molar-refractivity contribution in [1.29, 1.82) is 0 Å². The third-order valence-electron chi connectivity index (χ3n) is 2.89. The third-order valence-corrected chi connectivity index (χ3v) is 2.89. The van der Waals surface area contributed by atoms with Crippen LogP contribution in [0.5, 0.6) is 5.75 Å². The monoisotopic (exact) mass is 261 g/mol. The number of allylic oxidation sites excluding steroid dienone is 1. The van der Waals surface area contributed by atoms with Gasteiger partial charge in [0.15, 0.2) is 0 Å². The highest BCUT2D eigenvalue weighted by Gasteiger charge is 2.04. The van der Waals surface area contributed by atoms with E-state index in [1.807, 2.05) is 6.08 Å². The van der Waals surface area contributed by atoms with Crippen molar-refractivity contribution in [3.05, 3.63) is 42.0 Å². The summed E-state index contributed by atoms with van der Waals surface area (Å²) in [5, 5.41) is 3.47. The number of benzene rings is 1. The van der Waals surface area contributed by atoms with Crippen LogP contribution < -0.4 is 10.1 Å². The first-order chi connectivity index (χ1) is 9.13. The summed E-state index contributed by atoms with van der Waals surface area (Å²) in [5.74, 6) is 1.67. The zero-order valence-electron chi connectivity index (χ0n) is 12.5. The smallest absolute Gasteiger partial charge is 0.123 e. The Morgan fingerprint density at radius 3 is 2.84 bits per heavy atom. The van der Waals surface area contributed by atoms with Crippen LogP contribution in [0, 0.1) is 12.8 Å². The minimum absolute atomic E-state index is 0.668. The highest BCUT2D eigenvalue weighted by molar-refractivity contribution is 5.36. The minimum atomic E-state index is 0.668. The number of aryl methyl sites for hydroxylation is 1. The lowest BCUT2D eigenvalue weighted by atomic mass is 10.1. The first-order valence-corrected chi connectivity index (χ1v) is 7.17. The van der Waals surface area contributed by atoms with E-state index in [1.54, 1.807) is 0 Å². The van der Waals surface area contributed by atoms with Gasteiger partial charge in [-0.25, -0.2) is 0 Å². The second kappa shape index (κ2) is 8.76. The normalized spacial score (nSPS) is 10.7. The number of hydrogen-bond acceptors (Lipinski definition) is 2. The van der Waals surface area contributed by atoms with Crippen molar-refractivity contribution in [3.8, 4) is 5.75 Å². The van der Waals surface area contributed by atoms with E-state index in [2.05, 4.69) is 50.9 Å². The van der Waals surface area contributed by atoms with Crippen LogP contribution in [0.1, 0.15) is 37.8 Å². The molecule has 0 aliphatic carbocycles. The Kier molecular flexibility index (Phi) is 7.27. The topological polar surface area (TPSA) is 21.3 Å². The number of ether oxygens (including phenoxy) is 1. The molecular formula is C17H27NO. The molecule has 0 aliphatic rings. The second-order valence-electron chi connectivity index (χ2n) is 5.42. The molecule has 0 radical (unpaired) electrons. The summed E-state index contributed by atoms with van der Waals surface area (Å²) >= 11 is 0. The van der Waals surface area contributed by atoms with Crippen LogP contribution >= 0.6 is 0 Å². The Balaban J connectivity index is 2.55. The van der Waals surface area contributed by atoms with Crippen molar-refractivity contribution in [3.63, 3.8) is 0 Å². The van der Waals surface area contributed by atoms with E-state index in [0.29, 0.717) is 5.92 Å². The second-order valence-corrected chi connectivity index (χ2v) is 5.42. The van der Waals surface area contributed by atoms with E-state index in [4.69, 9.17) is 4.74 Å². The number of rotatable bonds is 9. The summed E-state index contributed by atoms with van der Waals surface area (Å²) in [7, 11) is 0. The van der Waals surface area contributed by atoms with Crippen molar-refractivity contribution in [2.45, 2.75) is 40.2 Å². The van der Waals surface area contributed by atoms with Gasteiger partial charge in [-0.2, -0.15) is 0 Å². The first kappa shape index (κ1) is 15.8.